The number of sulfonamides is 1. The van der Waals surface area contributed by atoms with Gasteiger partial charge in [-0.2, -0.15) is 0 Å². The van der Waals surface area contributed by atoms with E-state index in [4.69, 9.17) is 0 Å². The zero-order valence-corrected chi connectivity index (χ0v) is 16.7. The van der Waals surface area contributed by atoms with E-state index >= 15 is 0 Å². The van der Waals surface area contributed by atoms with E-state index in [1.54, 1.807) is 12.1 Å². The smallest absolute Gasteiger partial charge is 0.267 e. The number of carbonyl (C=O) groups is 1. The van der Waals surface area contributed by atoms with Gasteiger partial charge >= 0.3 is 0 Å². The maximum absolute atomic E-state index is 12.9. The van der Waals surface area contributed by atoms with Crippen LogP contribution in [-0.2, 0) is 14.8 Å². The molecule has 0 unspecified atom stereocenters. The number of carbonyl (C=O) groups excluding carboxylic acids is 1. The predicted octanol–water partition coefficient (Wildman–Crippen LogP) is 4.56. The number of thioether (sulfide) groups is 1. The fourth-order valence-electron chi connectivity index (χ4n) is 2.21. The zero-order chi connectivity index (χ0) is 19.9. The topological polar surface area (TPSA) is 54.5 Å². The van der Waals surface area contributed by atoms with Crippen LogP contribution in [-0.4, -0.2) is 25.2 Å². The van der Waals surface area contributed by atoms with Crippen molar-refractivity contribution in [3.05, 3.63) is 96.5 Å². The summed E-state index contributed by atoms with van der Waals surface area (Å²) < 4.78 is 26.6. The van der Waals surface area contributed by atoms with Crippen molar-refractivity contribution in [1.82, 2.24) is 4.31 Å². The molecule has 0 spiro atoms. The van der Waals surface area contributed by atoms with Crippen LogP contribution in [0.5, 0.6) is 0 Å². The summed E-state index contributed by atoms with van der Waals surface area (Å²) in [5, 5.41) is 0. The van der Waals surface area contributed by atoms with Crippen molar-refractivity contribution < 1.29 is 13.2 Å². The van der Waals surface area contributed by atoms with Crippen LogP contribution >= 0.6 is 11.8 Å². The first-order valence-corrected chi connectivity index (χ1v) is 10.5. The largest absolute Gasteiger partial charge is 0.269 e. The molecule has 2 aromatic rings. The van der Waals surface area contributed by atoms with Crippen LogP contribution in [0.25, 0.3) is 0 Å². The van der Waals surface area contributed by atoms with Gasteiger partial charge in [-0.15, -0.1) is 6.58 Å². The molecular formula is C21H21NO3S2. The lowest BCUT2D eigenvalue weighted by molar-refractivity contribution is -0.121. The van der Waals surface area contributed by atoms with E-state index in [0.717, 1.165) is 14.8 Å². The van der Waals surface area contributed by atoms with E-state index in [1.165, 1.54) is 42.1 Å². The number of rotatable bonds is 8. The van der Waals surface area contributed by atoms with Crippen molar-refractivity contribution in [3.63, 3.8) is 0 Å². The summed E-state index contributed by atoms with van der Waals surface area (Å²) in [5.41, 5.74) is 0.934. The minimum absolute atomic E-state index is 0.0626. The van der Waals surface area contributed by atoms with Crippen LogP contribution in [0.3, 0.4) is 0 Å². The molecule has 0 heterocycles. The van der Waals surface area contributed by atoms with Gasteiger partial charge in [0.05, 0.1) is 11.4 Å². The molecule has 27 heavy (non-hydrogen) atoms. The monoisotopic (exact) mass is 399 g/mol. The first-order valence-electron chi connectivity index (χ1n) is 8.20. The highest BCUT2D eigenvalue weighted by atomic mass is 32.2. The van der Waals surface area contributed by atoms with Crippen molar-refractivity contribution in [2.75, 3.05) is 6.54 Å². The molecule has 2 aromatic carbocycles. The molecule has 0 saturated heterocycles. The van der Waals surface area contributed by atoms with E-state index in [0.29, 0.717) is 4.91 Å². The first kappa shape index (κ1) is 20.7. The molecule has 1 amide bonds. The maximum Gasteiger partial charge on any atom is 0.267 e. The molecule has 0 aromatic heterocycles. The van der Waals surface area contributed by atoms with E-state index < -0.39 is 15.9 Å². The molecule has 0 N–H and O–H groups in total. The second kappa shape index (κ2) is 9.39. The average Bonchev–Trinajstić information content (AvgIpc) is 2.66. The van der Waals surface area contributed by atoms with Crippen LogP contribution in [0.15, 0.2) is 101 Å². The summed E-state index contributed by atoms with van der Waals surface area (Å²) >= 11 is 1.34. The summed E-state index contributed by atoms with van der Waals surface area (Å²) in [6, 6.07) is 15.8. The summed E-state index contributed by atoms with van der Waals surface area (Å²) in [7, 11) is -3.98. The molecule has 140 valence electrons. The quantitative estimate of drug-likeness (QED) is 0.283. The normalized spacial score (nSPS) is 11.7. The van der Waals surface area contributed by atoms with Gasteiger partial charge in [0.1, 0.15) is 0 Å². The molecule has 0 atom stereocenters. The van der Waals surface area contributed by atoms with Gasteiger partial charge in [0.25, 0.3) is 15.9 Å². The lowest BCUT2D eigenvalue weighted by Crippen LogP contribution is -2.36. The molecular weight excluding hydrogens is 378 g/mol. The molecule has 2 rings (SSSR count). The highest BCUT2D eigenvalue weighted by Crippen LogP contribution is 2.27. The van der Waals surface area contributed by atoms with Gasteiger partial charge in [-0.05, 0) is 31.2 Å². The Hall–Kier alpha value is -2.57. The van der Waals surface area contributed by atoms with Crippen LogP contribution in [0.2, 0.25) is 0 Å². The number of nitrogens with zero attached hydrogens (tertiary/aromatic N) is 1. The van der Waals surface area contributed by atoms with Crippen LogP contribution < -0.4 is 0 Å². The highest BCUT2D eigenvalue weighted by Gasteiger charge is 2.27. The van der Waals surface area contributed by atoms with Gasteiger partial charge < -0.3 is 0 Å². The van der Waals surface area contributed by atoms with Gasteiger partial charge in [0, 0.05) is 15.9 Å². The standard InChI is InChI=1S/C21H21NO3S2/c1-4-15-22(27(24,25)20-13-11-17(3)12-14-20)21(23)16-18(5-2)26-19-9-7-6-8-10-19/h4-14,16H,1-2,15H2,3H3/b18-16+. The van der Waals surface area contributed by atoms with E-state index in [2.05, 4.69) is 13.2 Å². The molecule has 0 aliphatic carbocycles. The van der Waals surface area contributed by atoms with Gasteiger partial charge in [-0.25, -0.2) is 12.7 Å². The Kier molecular flexibility index (Phi) is 7.21. The van der Waals surface area contributed by atoms with E-state index in [-0.39, 0.29) is 11.4 Å². The number of benzene rings is 2. The minimum atomic E-state index is -3.98. The average molecular weight is 400 g/mol. The third-order valence-corrected chi connectivity index (χ3v) is 6.40. The van der Waals surface area contributed by atoms with Crippen LogP contribution in [0.4, 0.5) is 0 Å². The zero-order valence-electron chi connectivity index (χ0n) is 15.0. The Morgan fingerprint density at radius 2 is 1.70 bits per heavy atom. The Balaban J connectivity index is 2.33. The molecule has 0 saturated carbocycles. The number of amides is 1. The highest BCUT2D eigenvalue weighted by molar-refractivity contribution is 8.03. The van der Waals surface area contributed by atoms with Crippen molar-refractivity contribution in [2.24, 2.45) is 0 Å². The summed E-state index contributed by atoms with van der Waals surface area (Å²) in [6.07, 6.45) is 4.19. The van der Waals surface area contributed by atoms with Crippen molar-refractivity contribution in [2.45, 2.75) is 16.7 Å². The molecule has 4 nitrogen and oxygen atoms in total. The fourth-order valence-corrected chi connectivity index (χ4v) is 4.34. The molecule has 0 aliphatic heterocycles. The SMILES string of the molecule is C=CCN(C(=O)/C=C(\C=C)Sc1ccccc1)S(=O)(=O)c1ccc(C)cc1. The minimum Gasteiger partial charge on any atom is -0.269 e. The third-order valence-electron chi connectivity index (χ3n) is 3.60. The summed E-state index contributed by atoms with van der Waals surface area (Å²) in [4.78, 5) is 14.3. The van der Waals surface area contributed by atoms with Gasteiger partial charge in [0.15, 0.2) is 0 Å². The second-order valence-corrected chi connectivity index (χ2v) is 8.65. The Labute approximate surface area is 165 Å². The Bertz CT molecular complexity index is 947. The van der Waals surface area contributed by atoms with Gasteiger partial charge in [0.2, 0.25) is 0 Å². The molecule has 6 heteroatoms. The molecule has 0 radical (unpaired) electrons. The van der Waals surface area contributed by atoms with Crippen molar-refractivity contribution in [1.29, 1.82) is 0 Å². The number of hydrogen-bond donors (Lipinski definition) is 0. The van der Waals surface area contributed by atoms with Crippen molar-refractivity contribution in [3.8, 4) is 0 Å². The van der Waals surface area contributed by atoms with E-state index in [1.807, 2.05) is 37.3 Å². The summed E-state index contributed by atoms with van der Waals surface area (Å²) in [6.45, 7) is 9.03. The first-order chi connectivity index (χ1) is 12.9. The van der Waals surface area contributed by atoms with Crippen LogP contribution in [0, 0.1) is 6.92 Å². The van der Waals surface area contributed by atoms with Gasteiger partial charge in [-0.3, -0.25) is 4.79 Å². The maximum atomic E-state index is 12.9. The van der Waals surface area contributed by atoms with E-state index in [9.17, 15) is 13.2 Å². The van der Waals surface area contributed by atoms with Crippen molar-refractivity contribution >= 4 is 27.7 Å². The molecule has 0 bridgehead atoms. The lowest BCUT2D eigenvalue weighted by atomic mass is 10.2. The number of aryl methyl sites for hydroxylation is 1. The Morgan fingerprint density at radius 3 is 2.26 bits per heavy atom. The number of allylic oxidation sites excluding steroid dienone is 1. The number of hydrogen-bond acceptors (Lipinski definition) is 4. The lowest BCUT2D eigenvalue weighted by Gasteiger charge is -2.20. The fraction of sp³-hybridized carbons (Fsp3) is 0.0952. The van der Waals surface area contributed by atoms with Gasteiger partial charge in [-0.1, -0.05) is 66.4 Å². The summed E-state index contributed by atoms with van der Waals surface area (Å²) in [5.74, 6) is -0.645. The third kappa shape index (κ3) is 5.45. The van der Waals surface area contributed by atoms with Crippen LogP contribution in [0.1, 0.15) is 5.56 Å². The second-order valence-electron chi connectivity index (χ2n) is 5.64. The Morgan fingerprint density at radius 1 is 1.07 bits per heavy atom. The molecule has 0 aliphatic rings. The predicted molar refractivity (Wildman–Crippen MR) is 111 cm³/mol. The molecule has 0 fully saturated rings.